The van der Waals surface area contributed by atoms with Gasteiger partial charge < -0.3 is 5.32 Å². The number of benzene rings is 1. The molecule has 0 unspecified atom stereocenters. The fourth-order valence-corrected chi connectivity index (χ4v) is 2.86. The Hall–Kier alpha value is -1.70. The second kappa shape index (κ2) is 5.01. The van der Waals surface area contributed by atoms with E-state index >= 15 is 0 Å². The lowest BCUT2D eigenvalue weighted by Gasteiger charge is -2.06. The first-order valence-electron chi connectivity index (χ1n) is 5.50. The lowest BCUT2D eigenvalue weighted by Crippen LogP contribution is -2.13. The highest BCUT2D eigenvalue weighted by Crippen LogP contribution is 2.30. The summed E-state index contributed by atoms with van der Waals surface area (Å²) in [6.07, 6.45) is 0. The van der Waals surface area contributed by atoms with Gasteiger partial charge in [0, 0.05) is 0 Å². The number of hydrogen-bond acceptors (Lipinski definition) is 5. The second-order valence-corrected chi connectivity index (χ2v) is 5.67. The lowest BCUT2D eigenvalue weighted by atomic mass is 10.3. The highest BCUT2D eigenvalue weighted by molar-refractivity contribution is 7.18. The number of nitrogens with one attached hydrogen (secondary N) is 1. The highest BCUT2D eigenvalue weighted by atomic mass is 35.5. The molecule has 0 radical (unpaired) electrons. The summed E-state index contributed by atoms with van der Waals surface area (Å²) in [5.74, 6) is 0.223. The smallest absolute Gasteiger partial charge is 0.286 e. The van der Waals surface area contributed by atoms with E-state index in [-0.39, 0.29) is 5.01 Å². The molecule has 0 aliphatic carbocycles. The fraction of sp³-hybridized carbons (Fsp3) is 0.0909. The van der Waals surface area contributed by atoms with E-state index in [1.165, 1.54) is 4.52 Å². The Balaban J connectivity index is 1.93. The van der Waals surface area contributed by atoms with E-state index in [0.29, 0.717) is 26.5 Å². The van der Waals surface area contributed by atoms with E-state index in [0.717, 1.165) is 11.3 Å². The van der Waals surface area contributed by atoms with Crippen molar-refractivity contribution in [1.82, 2.24) is 19.8 Å². The lowest BCUT2D eigenvalue weighted by molar-refractivity contribution is 0.102. The average molecular weight is 328 g/mol. The van der Waals surface area contributed by atoms with Crippen LogP contribution in [0.2, 0.25) is 10.0 Å². The van der Waals surface area contributed by atoms with E-state index in [1.54, 1.807) is 25.1 Å². The van der Waals surface area contributed by atoms with Crippen molar-refractivity contribution in [2.24, 2.45) is 0 Å². The number of fused-ring (bicyclic) bond motifs is 1. The van der Waals surface area contributed by atoms with Crippen LogP contribution in [-0.2, 0) is 0 Å². The second-order valence-electron chi connectivity index (χ2n) is 3.90. The van der Waals surface area contributed by atoms with Crippen LogP contribution < -0.4 is 5.32 Å². The minimum atomic E-state index is -0.394. The van der Waals surface area contributed by atoms with Crippen LogP contribution in [0.3, 0.4) is 0 Å². The summed E-state index contributed by atoms with van der Waals surface area (Å²) in [6, 6.07) is 4.99. The number of aromatic nitrogens is 4. The van der Waals surface area contributed by atoms with Crippen molar-refractivity contribution in [3.05, 3.63) is 39.1 Å². The molecule has 0 saturated carbocycles. The monoisotopic (exact) mass is 327 g/mol. The largest absolute Gasteiger partial charge is 0.317 e. The van der Waals surface area contributed by atoms with Gasteiger partial charge in [-0.1, -0.05) is 40.6 Å². The highest BCUT2D eigenvalue weighted by Gasteiger charge is 2.17. The van der Waals surface area contributed by atoms with E-state index in [9.17, 15) is 4.79 Å². The normalized spacial score (nSPS) is 10.9. The molecule has 0 fully saturated rings. The number of anilines is 1. The summed E-state index contributed by atoms with van der Waals surface area (Å²) in [4.78, 5) is 12.7. The molecule has 0 aliphatic heterocycles. The topological polar surface area (TPSA) is 72.2 Å². The molecular weight excluding hydrogens is 321 g/mol. The Morgan fingerprint density at radius 1 is 1.30 bits per heavy atom. The van der Waals surface area contributed by atoms with Crippen molar-refractivity contribution in [2.45, 2.75) is 6.92 Å². The Bertz CT molecular complexity index is 792. The van der Waals surface area contributed by atoms with Crippen LogP contribution in [0.25, 0.3) is 4.96 Å². The maximum atomic E-state index is 12.2. The maximum Gasteiger partial charge on any atom is 0.286 e. The standard InChI is InChI=1S/C11H7Cl2N5OS/c1-5-15-16-11-18(5)17-10(20-11)9(19)14-8-6(12)3-2-4-7(8)13/h2-4H,1H3,(H,14,19). The molecule has 1 N–H and O–H groups in total. The summed E-state index contributed by atoms with van der Waals surface area (Å²) < 4.78 is 1.51. The maximum absolute atomic E-state index is 12.2. The van der Waals surface area contributed by atoms with Gasteiger partial charge in [0.05, 0.1) is 15.7 Å². The molecule has 0 atom stereocenters. The molecule has 2 aromatic heterocycles. The molecule has 3 aromatic rings. The molecular formula is C11H7Cl2N5OS. The summed E-state index contributed by atoms with van der Waals surface area (Å²) >= 11 is 13.1. The van der Waals surface area contributed by atoms with Gasteiger partial charge in [0.1, 0.15) is 0 Å². The number of para-hydroxylation sites is 1. The van der Waals surface area contributed by atoms with Crippen molar-refractivity contribution >= 4 is 51.1 Å². The third-order valence-corrected chi connectivity index (χ3v) is 4.07. The minimum absolute atomic E-state index is 0.258. The third kappa shape index (κ3) is 2.24. The quantitative estimate of drug-likeness (QED) is 0.785. The first-order valence-corrected chi connectivity index (χ1v) is 7.07. The van der Waals surface area contributed by atoms with Crippen molar-refractivity contribution in [2.75, 3.05) is 5.32 Å². The molecule has 1 aromatic carbocycles. The number of hydrogen-bond donors (Lipinski definition) is 1. The predicted octanol–water partition coefficient (Wildman–Crippen LogP) is 3.05. The van der Waals surface area contributed by atoms with Gasteiger partial charge in [0.15, 0.2) is 5.82 Å². The first kappa shape index (κ1) is 13.3. The predicted molar refractivity (Wildman–Crippen MR) is 77.8 cm³/mol. The van der Waals surface area contributed by atoms with Crippen molar-refractivity contribution in [3.8, 4) is 0 Å². The van der Waals surface area contributed by atoms with Crippen LogP contribution >= 0.6 is 34.5 Å². The number of nitrogens with zero attached hydrogens (tertiary/aromatic N) is 4. The summed E-state index contributed by atoms with van der Waals surface area (Å²) in [5, 5.41) is 15.5. The van der Waals surface area contributed by atoms with Crippen molar-refractivity contribution in [1.29, 1.82) is 0 Å². The molecule has 0 bridgehead atoms. The fourth-order valence-electron chi connectivity index (χ4n) is 1.59. The Kier molecular flexibility index (Phi) is 3.33. The number of carbonyl (C=O) groups excluding carboxylic acids is 1. The molecule has 0 saturated heterocycles. The molecule has 6 nitrogen and oxygen atoms in total. The zero-order valence-electron chi connectivity index (χ0n) is 10.1. The number of amides is 1. The first-order chi connectivity index (χ1) is 9.56. The van der Waals surface area contributed by atoms with Crippen LogP contribution in [0, 0.1) is 6.92 Å². The van der Waals surface area contributed by atoms with E-state index < -0.39 is 5.91 Å². The number of halogens is 2. The van der Waals surface area contributed by atoms with Gasteiger partial charge in [-0.15, -0.1) is 15.3 Å². The molecule has 0 spiro atoms. The Morgan fingerprint density at radius 3 is 2.65 bits per heavy atom. The van der Waals surface area contributed by atoms with Crippen molar-refractivity contribution in [3.63, 3.8) is 0 Å². The SMILES string of the molecule is Cc1nnc2sc(C(=O)Nc3c(Cl)cccc3Cl)nn12. The van der Waals surface area contributed by atoms with Gasteiger partial charge in [-0.05, 0) is 19.1 Å². The average Bonchev–Trinajstić information content (AvgIpc) is 2.97. The minimum Gasteiger partial charge on any atom is -0.317 e. The van der Waals surface area contributed by atoms with Crippen LogP contribution in [0.15, 0.2) is 18.2 Å². The molecule has 0 aliphatic rings. The van der Waals surface area contributed by atoms with Crippen LogP contribution in [0.4, 0.5) is 5.69 Å². The van der Waals surface area contributed by atoms with Gasteiger partial charge in [-0.25, -0.2) is 0 Å². The molecule has 2 heterocycles. The summed E-state index contributed by atoms with van der Waals surface area (Å²) in [7, 11) is 0. The van der Waals surface area contributed by atoms with Gasteiger partial charge in [-0.3, -0.25) is 4.79 Å². The summed E-state index contributed by atoms with van der Waals surface area (Å²) in [6.45, 7) is 1.76. The number of rotatable bonds is 2. The van der Waals surface area contributed by atoms with Gasteiger partial charge in [-0.2, -0.15) is 4.52 Å². The third-order valence-electron chi connectivity index (χ3n) is 2.54. The zero-order valence-corrected chi connectivity index (χ0v) is 12.4. The van der Waals surface area contributed by atoms with Gasteiger partial charge in [0.2, 0.25) is 9.97 Å². The summed E-state index contributed by atoms with van der Waals surface area (Å²) in [5.41, 5.74) is 0.364. The Labute approximate surface area is 127 Å². The molecule has 102 valence electrons. The zero-order chi connectivity index (χ0) is 14.3. The molecule has 3 rings (SSSR count). The van der Waals surface area contributed by atoms with E-state index in [2.05, 4.69) is 20.6 Å². The number of carbonyl (C=O) groups is 1. The van der Waals surface area contributed by atoms with Crippen LogP contribution in [-0.4, -0.2) is 25.7 Å². The van der Waals surface area contributed by atoms with Gasteiger partial charge in [0.25, 0.3) is 5.91 Å². The molecule has 9 heteroatoms. The van der Waals surface area contributed by atoms with Crippen molar-refractivity contribution < 1.29 is 4.79 Å². The number of aryl methyl sites for hydroxylation is 1. The van der Waals surface area contributed by atoms with Gasteiger partial charge >= 0.3 is 0 Å². The molecule has 20 heavy (non-hydrogen) atoms. The van der Waals surface area contributed by atoms with E-state index in [4.69, 9.17) is 23.2 Å². The molecule has 1 amide bonds. The van der Waals surface area contributed by atoms with E-state index in [1.807, 2.05) is 0 Å². The Morgan fingerprint density at radius 2 is 2.00 bits per heavy atom. The van der Waals surface area contributed by atoms with Crippen LogP contribution in [0.5, 0.6) is 0 Å². The van der Waals surface area contributed by atoms with Crippen LogP contribution in [0.1, 0.15) is 15.6 Å².